The number of amides is 1. The third-order valence-corrected chi connectivity index (χ3v) is 4.02. The molecule has 2 atom stereocenters. The molecule has 1 amide bonds. The fourth-order valence-electron chi connectivity index (χ4n) is 2.79. The Balaban J connectivity index is 0.00000288. The third-order valence-electron chi connectivity index (χ3n) is 4.02. The topological polar surface area (TPSA) is 59.6 Å². The summed E-state index contributed by atoms with van der Waals surface area (Å²) in [4.78, 5) is 12.0. The molecule has 2 unspecified atom stereocenters. The molecule has 1 saturated heterocycles. The van der Waals surface area contributed by atoms with Gasteiger partial charge in [-0.15, -0.1) is 12.4 Å². The molecule has 136 valence electrons. The smallest absolute Gasteiger partial charge is 0.246 e. The summed E-state index contributed by atoms with van der Waals surface area (Å²) in [7, 11) is 1.52. The van der Waals surface area contributed by atoms with Crippen LogP contribution in [0.5, 0.6) is 5.75 Å². The number of methoxy groups -OCH3 is 1. The van der Waals surface area contributed by atoms with Gasteiger partial charge in [-0.2, -0.15) is 0 Å². The normalized spacial score (nSPS) is 18.4. The molecule has 0 spiro atoms. The number of nitrogens with one attached hydrogen (secondary N) is 2. The predicted molar refractivity (Wildman–Crippen MR) is 93.2 cm³/mol. The van der Waals surface area contributed by atoms with E-state index in [1.807, 2.05) is 0 Å². The summed E-state index contributed by atoms with van der Waals surface area (Å²) in [6.07, 6.45) is 2.28. The first-order valence-corrected chi connectivity index (χ1v) is 8.01. The summed E-state index contributed by atoms with van der Waals surface area (Å²) in [5.41, 5.74) is 0.609. The molecule has 2 N–H and O–H groups in total. The van der Waals surface area contributed by atoms with E-state index in [4.69, 9.17) is 9.47 Å². The Morgan fingerprint density at radius 1 is 1.50 bits per heavy atom. The second-order valence-corrected chi connectivity index (χ2v) is 5.90. The van der Waals surface area contributed by atoms with Crippen LogP contribution in [0.3, 0.4) is 0 Å². The van der Waals surface area contributed by atoms with Crippen LogP contribution in [-0.4, -0.2) is 39.3 Å². The van der Waals surface area contributed by atoms with Crippen molar-refractivity contribution in [3.63, 3.8) is 0 Å². The van der Waals surface area contributed by atoms with Crippen LogP contribution in [0, 0.1) is 11.7 Å². The Labute approximate surface area is 148 Å². The highest BCUT2D eigenvalue weighted by Gasteiger charge is 2.17. The van der Waals surface area contributed by atoms with Gasteiger partial charge < -0.3 is 20.1 Å². The average molecular weight is 361 g/mol. The number of hydrogen-bond donors (Lipinski definition) is 2. The van der Waals surface area contributed by atoms with E-state index in [2.05, 4.69) is 10.6 Å². The van der Waals surface area contributed by atoms with Crippen molar-refractivity contribution >= 4 is 18.3 Å². The number of carbonyl (C=O) groups excluding carboxylic acids is 1. The van der Waals surface area contributed by atoms with Crippen molar-refractivity contribution in [3.05, 3.63) is 29.6 Å². The van der Waals surface area contributed by atoms with Crippen molar-refractivity contribution in [2.24, 2.45) is 5.92 Å². The predicted octanol–water partition coefficient (Wildman–Crippen LogP) is 2.45. The summed E-state index contributed by atoms with van der Waals surface area (Å²) in [5, 5.41) is 6.12. The van der Waals surface area contributed by atoms with Gasteiger partial charge in [0, 0.05) is 12.1 Å². The van der Waals surface area contributed by atoms with Crippen LogP contribution in [0.4, 0.5) is 4.39 Å². The van der Waals surface area contributed by atoms with Gasteiger partial charge >= 0.3 is 0 Å². The highest BCUT2D eigenvalue weighted by atomic mass is 35.5. The van der Waals surface area contributed by atoms with Crippen molar-refractivity contribution in [1.29, 1.82) is 0 Å². The van der Waals surface area contributed by atoms with Gasteiger partial charge in [0.1, 0.15) is 18.2 Å². The average Bonchev–Trinajstić information content (AvgIpc) is 2.55. The Bertz CT molecular complexity index is 525. The lowest BCUT2D eigenvalue weighted by molar-refractivity contribution is -0.126. The number of rotatable bonds is 7. The Morgan fingerprint density at radius 3 is 2.96 bits per heavy atom. The van der Waals surface area contributed by atoms with Crippen molar-refractivity contribution in [1.82, 2.24) is 10.6 Å². The van der Waals surface area contributed by atoms with Crippen LogP contribution < -0.4 is 15.4 Å². The number of piperidine rings is 1. The van der Waals surface area contributed by atoms with Gasteiger partial charge in [-0.25, -0.2) is 4.39 Å². The largest absolute Gasteiger partial charge is 0.496 e. The zero-order chi connectivity index (χ0) is 16.7. The van der Waals surface area contributed by atoms with Gasteiger partial charge in [0.15, 0.2) is 0 Å². The Morgan fingerprint density at radius 2 is 2.29 bits per heavy atom. The van der Waals surface area contributed by atoms with E-state index in [-0.39, 0.29) is 36.8 Å². The van der Waals surface area contributed by atoms with Crippen LogP contribution in [-0.2, 0) is 9.53 Å². The molecule has 1 aliphatic rings. The highest BCUT2D eigenvalue weighted by Crippen LogP contribution is 2.25. The summed E-state index contributed by atoms with van der Waals surface area (Å²) < 4.78 is 24.1. The molecule has 5 nitrogen and oxygen atoms in total. The van der Waals surface area contributed by atoms with Crippen molar-refractivity contribution in [3.8, 4) is 5.75 Å². The minimum atomic E-state index is -0.358. The molecule has 0 aromatic heterocycles. The molecule has 0 saturated carbocycles. The van der Waals surface area contributed by atoms with E-state index in [0.717, 1.165) is 25.9 Å². The monoisotopic (exact) mass is 360 g/mol. The van der Waals surface area contributed by atoms with Crippen LogP contribution >= 0.6 is 12.4 Å². The van der Waals surface area contributed by atoms with E-state index >= 15 is 0 Å². The highest BCUT2D eigenvalue weighted by molar-refractivity contribution is 5.85. The summed E-state index contributed by atoms with van der Waals surface area (Å²) in [6.45, 7) is 4.39. The molecule has 1 aliphatic heterocycles. The number of halogens is 2. The maximum Gasteiger partial charge on any atom is 0.246 e. The molecule has 0 bridgehead atoms. The van der Waals surface area contributed by atoms with Gasteiger partial charge in [-0.3, -0.25) is 4.79 Å². The number of benzene rings is 1. The van der Waals surface area contributed by atoms with Gasteiger partial charge in [0.2, 0.25) is 5.91 Å². The molecule has 24 heavy (non-hydrogen) atoms. The van der Waals surface area contributed by atoms with Gasteiger partial charge in [-0.05, 0) is 50.4 Å². The Hall–Kier alpha value is -1.37. The van der Waals surface area contributed by atoms with E-state index in [9.17, 15) is 9.18 Å². The van der Waals surface area contributed by atoms with Crippen molar-refractivity contribution < 1.29 is 18.7 Å². The lowest BCUT2D eigenvalue weighted by Gasteiger charge is -2.22. The van der Waals surface area contributed by atoms with Crippen molar-refractivity contribution in [2.75, 3.05) is 33.4 Å². The molecule has 2 rings (SSSR count). The number of ether oxygens (including phenoxy) is 2. The van der Waals surface area contributed by atoms with Crippen LogP contribution in [0.2, 0.25) is 0 Å². The maximum atomic E-state index is 13.4. The van der Waals surface area contributed by atoms with E-state index in [0.29, 0.717) is 23.8 Å². The van der Waals surface area contributed by atoms with E-state index in [1.54, 1.807) is 13.0 Å². The SMILES string of the molecule is COc1ccc(F)cc1C(C)NC(=O)COCC1CCCNC1.Cl. The standard InChI is InChI=1S/C17H25FN2O3.ClH/c1-12(15-8-14(18)5-6-16(15)22-2)20-17(21)11-23-10-13-4-3-7-19-9-13;/h5-6,8,12-13,19H,3-4,7,9-11H2,1-2H3,(H,20,21);1H. The van der Waals surface area contributed by atoms with Crippen LogP contribution in [0.25, 0.3) is 0 Å². The fraction of sp³-hybridized carbons (Fsp3) is 0.588. The molecule has 1 aromatic rings. The van der Waals surface area contributed by atoms with Gasteiger partial charge in [-0.1, -0.05) is 0 Å². The van der Waals surface area contributed by atoms with Gasteiger partial charge in [0.05, 0.1) is 19.8 Å². The van der Waals surface area contributed by atoms with Crippen molar-refractivity contribution in [2.45, 2.75) is 25.8 Å². The minimum Gasteiger partial charge on any atom is -0.496 e. The zero-order valence-electron chi connectivity index (χ0n) is 14.1. The molecule has 1 fully saturated rings. The molecular formula is C17H26ClFN2O3. The lowest BCUT2D eigenvalue weighted by atomic mass is 10.0. The number of carbonyl (C=O) groups is 1. The third kappa shape index (κ3) is 6.26. The minimum absolute atomic E-state index is 0. The molecule has 1 heterocycles. The summed E-state index contributed by atoms with van der Waals surface area (Å²) >= 11 is 0. The summed E-state index contributed by atoms with van der Waals surface area (Å²) in [6, 6.07) is 3.91. The van der Waals surface area contributed by atoms with E-state index in [1.165, 1.54) is 19.2 Å². The molecule has 1 aromatic carbocycles. The molecule has 0 radical (unpaired) electrons. The first-order chi connectivity index (χ1) is 11.1. The van der Waals surface area contributed by atoms with Crippen LogP contribution in [0.1, 0.15) is 31.4 Å². The molecular weight excluding hydrogens is 335 g/mol. The second-order valence-electron chi connectivity index (χ2n) is 5.90. The molecule has 0 aliphatic carbocycles. The lowest BCUT2D eigenvalue weighted by Crippen LogP contribution is -2.34. The molecule has 7 heteroatoms. The second kappa shape index (κ2) is 10.5. The van der Waals surface area contributed by atoms with Gasteiger partial charge in [0.25, 0.3) is 0 Å². The maximum absolute atomic E-state index is 13.4. The first-order valence-electron chi connectivity index (χ1n) is 8.01. The summed E-state index contributed by atoms with van der Waals surface area (Å²) in [5.74, 6) is 0.446. The van der Waals surface area contributed by atoms with E-state index < -0.39 is 0 Å². The quantitative estimate of drug-likeness (QED) is 0.784. The first kappa shape index (κ1) is 20.7. The van der Waals surface area contributed by atoms with Crippen LogP contribution in [0.15, 0.2) is 18.2 Å². The Kier molecular flexibility index (Phi) is 9.03. The fourth-order valence-corrected chi connectivity index (χ4v) is 2.79. The zero-order valence-corrected chi connectivity index (χ0v) is 15.0. The number of hydrogen-bond acceptors (Lipinski definition) is 4.